The number of para-hydroxylation sites is 2. The van der Waals surface area contributed by atoms with Crippen LogP contribution in [0.3, 0.4) is 0 Å². The molecule has 320 valence electrons. The molecule has 0 saturated carbocycles. The van der Waals surface area contributed by atoms with Crippen molar-refractivity contribution in [2.75, 3.05) is 65.2 Å². The maximum Gasteiger partial charge on any atom is 0.260 e. The number of hydrogen-bond donors (Lipinski definition) is 4. The lowest BCUT2D eigenvalue weighted by molar-refractivity contribution is -0.128. The fraction of sp³-hybridized carbons (Fsp3) is 0.400. The van der Waals surface area contributed by atoms with E-state index in [2.05, 4.69) is 44.7 Å². The van der Waals surface area contributed by atoms with Crippen LogP contribution in [0, 0.1) is 0 Å². The first-order valence-electron chi connectivity index (χ1n) is 20.3. The highest BCUT2D eigenvalue weighted by Crippen LogP contribution is 2.27. The first kappa shape index (κ1) is 44.2. The topological polar surface area (TPSA) is 178 Å². The molecule has 2 heterocycles. The zero-order chi connectivity index (χ0) is 42.6. The summed E-state index contributed by atoms with van der Waals surface area (Å²) in [6.07, 6.45) is -0.860. The number of benzene rings is 4. The molecule has 2 aliphatic heterocycles. The van der Waals surface area contributed by atoms with Gasteiger partial charge in [-0.25, -0.2) is 8.42 Å². The van der Waals surface area contributed by atoms with Gasteiger partial charge in [0.05, 0.1) is 23.5 Å². The summed E-state index contributed by atoms with van der Waals surface area (Å²) in [6.45, 7) is 4.86. The number of nitrogens with one attached hydrogen (secondary N) is 2. The van der Waals surface area contributed by atoms with Crippen LogP contribution in [0.15, 0.2) is 102 Å². The molecule has 4 aromatic carbocycles. The Kier molecular flexibility index (Phi) is 15.3. The van der Waals surface area contributed by atoms with E-state index < -0.39 is 58.2 Å². The number of amides is 3. The number of hydrogen-bond acceptors (Lipinski definition) is 11. The second kappa shape index (κ2) is 20.8. The summed E-state index contributed by atoms with van der Waals surface area (Å²) in [7, 11) is -2.54. The Hall–Kier alpha value is -5.32. The molecule has 3 amide bonds. The first-order chi connectivity index (χ1) is 28.9. The van der Waals surface area contributed by atoms with E-state index in [4.69, 9.17) is 9.47 Å². The van der Waals surface area contributed by atoms with Gasteiger partial charge in [0, 0.05) is 66.0 Å². The fourth-order valence-electron chi connectivity index (χ4n) is 7.43. The van der Waals surface area contributed by atoms with Crippen LogP contribution in [-0.4, -0.2) is 135 Å². The standard InChI is InChI=1S/C45H55N5O9S/c1-32(44(54)47-26-38(52)30-50-22-20-34-12-4-6-14-36(34)28-50)59-41-17-9-10-18-42(41)60(56,57)24-23-48(2)45(55)39-15-7-8-16-40(39)58-31-43(53)46-25-37(51)29-49-21-19-33-11-3-5-13-35(33)27-49/h3-18,32,37-38,51-52H,19-31H2,1-2H3,(H,46,53)(H,47,54). The Morgan fingerprint density at radius 2 is 1.25 bits per heavy atom. The second-order valence-electron chi connectivity index (χ2n) is 15.4. The molecule has 6 rings (SSSR count). The Balaban J connectivity index is 0.943. The lowest BCUT2D eigenvalue weighted by Crippen LogP contribution is -2.44. The molecule has 3 atom stereocenters. The van der Waals surface area contributed by atoms with Gasteiger partial charge in [-0.1, -0.05) is 72.8 Å². The highest BCUT2D eigenvalue weighted by atomic mass is 32.2. The predicted octanol–water partition coefficient (Wildman–Crippen LogP) is 2.45. The van der Waals surface area contributed by atoms with Crippen LogP contribution in [0.4, 0.5) is 0 Å². The van der Waals surface area contributed by atoms with Crippen molar-refractivity contribution in [1.29, 1.82) is 0 Å². The normalized spacial score (nSPS) is 15.7. The van der Waals surface area contributed by atoms with Gasteiger partial charge in [0.15, 0.2) is 22.5 Å². The van der Waals surface area contributed by atoms with Crippen LogP contribution >= 0.6 is 0 Å². The number of carbonyl (C=O) groups is 3. The molecule has 60 heavy (non-hydrogen) atoms. The van der Waals surface area contributed by atoms with Crippen molar-refractivity contribution in [1.82, 2.24) is 25.3 Å². The molecule has 14 nitrogen and oxygen atoms in total. The number of β-amino-alcohol motifs (C(OH)–C–C–N with tert-alkyl or cyclic N) is 2. The van der Waals surface area contributed by atoms with Crippen LogP contribution in [-0.2, 0) is 45.4 Å². The summed E-state index contributed by atoms with van der Waals surface area (Å²) in [6, 6.07) is 28.8. The molecule has 0 aliphatic carbocycles. The van der Waals surface area contributed by atoms with Crippen molar-refractivity contribution < 1.29 is 42.5 Å². The minimum Gasteiger partial charge on any atom is -0.483 e. The van der Waals surface area contributed by atoms with Crippen LogP contribution in [0.2, 0.25) is 0 Å². The number of aliphatic hydroxyl groups is 2. The molecule has 4 aromatic rings. The van der Waals surface area contributed by atoms with E-state index in [-0.39, 0.29) is 41.6 Å². The number of ether oxygens (including phenoxy) is 2. The SMILES string of the molecule is CC(Oc1ccccc1S(=O)(=O)CCN(C)C(=O)c1ccccc1OCC(=O)NCC(O)CN1CCc2ccccc2C1)C(=O)NCC(O)CN1CCc2ccccc2C1. The lowest BCUT2D eigenvalue weighted by Gasteiger charge is -2.30. The van der Waals surface area contributed by atoms with Crippen molar-refractivity contribution in [3.63, 3.8) is 0 Å². The van der Waals surface area contributed by atoms with E-state index in [1.54, 1.807) is 30.3 Å². The van der Waals surface area contributed by atoms with E-state index in [1.807, 2.05) is 24.3 Å². The molecule has 0 spiro atoms. The summed E-state index contributed by atoms with van der Waals surface area (Å²) in [5, 5.41) is 26.7. The van der Waals surface area contributed by atoms with Gasteiger partial charge in [0.25, 0.3) is 17.7 Å². The summed E-state index contributed by atoms with van der Waals surface area (Å²) < 4.78 is 38.8. The summed E-state index contributed by atoms with van der Waals surface area (Å²) in [5.41, 5.74) is 5.23. The molecular formula is C45H55N5O9S. The number of fused-ring (bicyclic) bond motifs is 2. The van der Waals surface area contributed by atoms with Gasteiger partial charge >= 0.3 is 0 Å². The molecule has 0 radical (unpaired) electrons. The molecule has 0 bridgehead atoms. The summed E-state index contributed by atoms with van der Waals surface area (Å²) in [4.78, 5) is 44.6. The van der Waals surface area contributed by atoms with E-state index in [0.29, 0.717) is 13.1 Å². The summed E-state index contributed by atoms with van der Waals surface area (Å²) in [5.74, 6) is -1.79. The van der Waals surface area contributed by atoms with Gasteiger partial charge in [-0.2, -0.15) is 0 Å². The van der Waals surface area contributed by atoms with Gasteiger partial charge in [0.2, 0.25) is 0 Å². The Labute approximate surface area is 352 Å². The van der Waals surface area contributed by atoms with Crippen LogP contribution in [0.1, 0.15) is 39.5 Å². The highest BCUT2D eigenvalue weighted by Gasteiger charge is 2.26. The third kappa shape index (κ3) is 12.1. The number of sulfone groups is 1. The first-order valence-corrected chi connectivity index (χ1v) is 22.0. The number of nitrogens with zero attached hydrogens (tertiary/aromatic N) is 3. The second-order valence-corrected chi connectivity index (χ2v) is 17.5. The molecule has 3 unspecified atom stereocenters. The minimum absolute atomic E-state index is 0.00585. The molecule has 0 fully saturated rings. The summed E-state index contributed by atoms with van der Waals surface area (Å²) >= 11 is 0. The zero-order valence-electron chi connectivity index (χ0n) is 34.2. The number of rotatable bonds is 19. The molecule has 0 saturated heterocycles. The van der Waals surface area contributed by atoms with Gasteiger partial charge in [-0.3, -0.25) is 24.2 Å². The molecular weight excluding hydrogens is 787 g/mol. The van der Waals surface area contributed by atoms with E-state index in [0.717, 1.165) is 39.0 Å². The number of aliphatic hydroxyl groups excluding tert-OH is 2. The Bertz CT molecular complexity index is 2220. The van der Waals surface area contributed by atoms with Gasteiger partial charge < -0.3 is 35.2 Å². The Morgan fingerprint density at radius 3 is 1.87 bits per heavy atom. The molecule has 0 aromatic heterocycles. The molecule has 4 N–H and O–H groups in total. The van der Waals surface area contributed by atoms with Gasteiger partial charge in [-0.15, -0.1) is 0 Å². The van der Waals surface area contributed by atoms with Crippen molar-refractivity contribution in [2.24, 2.45) is 0 Å². The highest BCUT2D eigenvalue weighted by molar-refractivity contribution is 7.91. The largest absolute Gasteiger partial charge is 0.483 e. The fourth-order valence-corrected chi connectivity index (χ4v) is 8.87. The zero-order valence-corrected chi connectivity index (χ0v) is 35.0. The molecule has 2 aliphatic rings. The smallest absolute Gasteiger partial charge is 0.260 e. The quantitative estimate of drug-likeness (QED) is 0.109. The Morgan fingerprint density at radius 1 is 0.733 bits per heavy atom. The minimum atomic E-state index is -4.01. The van der Waals surface area contributed by atoms with Crippen LogP contribution in [0.5, 0.6) is 11.5 Å². The predicted molar refractivity (Wildman–Crippen MR) is 226 cm³/mol. The van der Waals surface area contributed by atoms with Crippen molar-refractivity contribution in [3.8, 4) is 11.5 Å². The average molecular weight is 842 g/mol. The van der Waals surface area contributed by atoms with Gasteiger partial charge in [-0.05, 0) is 66.3 Å². The number of carbonyl (C=O) groups excluding carboxylic acids is 3. The van der Waals surface area contributed by atoms with Crippen LogP contribution < -0.4 is 20.1 Å². The van der Waals surface area contributed by atoms with Crippen molar-refractivity contribution in [2.45, 2.75) is 56.1 Å². The van der Waals surface area contributed by atoms with E-state index in [9.17, 15) is 33.0 Å². The lowest BCUT2D eigenvalue weighted by atomic mass is 10.00. The van der Waals surface area contributed by atoms with E-state index >= 15 is 0 Å². The van der Waals surface area contributed by atoms with E-state index in [1.165, 1.54) is 59.3 Å². The van der Waals surface area contributed by atoms with Crippen molar-refractivity contribution in [3.05, 3.63) is 125 Å². The van der Waals surface area contributed by atoms with Crippen molar-refractivity contribution >= 4 is 27.6 Å². The third-order valence-electron chi connectivity index (χ3n) is 10.8. The van der Waals surface area contributed by atoms with Gasteiger partial charge in [0.1, 0.15) is 16.4 Å². The monoisotopic (exact) mass is 841 g/mol. The van der Waals surface area contributed by atoms with Crippen LogP contribution in [0.25, 0.3) is 0 Å². The third-order valence-corrected chi connectivity index (χ3v) is 12.5. The average Bonchev–Trinajstić information content (AvgIpc) is 3.25. The molecule has 15 heteroatoms. The maximum absolute atomic E-state index is 13.6. The maximum atomic E-state index is 13.6.